The predicted octanol–water partition coefficient (Wildman–Crippen LogP) is 1.15. The quantitative estimate of drug-likeness (QED) is 0.818. The van der Waals surface area contributed by atoms with Gasteiger partial charge in [0.1, 0.15) is 11.6 Å². The van der Waals surface area contributed by atoms with Crippen molar-refractivity contribution in [1.29, 1.82) is 0 Å². The van der Waals surface area contributed by atoms with Crippen LogP contribution >= 0.6 is 0 Å². The molecule has 1 N–H and O–H groups in total. The van der Waals surface area contributed by atoms with Gasteiger partial charge < -0.3 is 10.2 Å². The average Bonchev–Trinajstić information content (AvgIpc) is 2.21. The highest BCUT2D eigenvalue weighted by Gasteiger charge is 2.14. The molecule has 0 aliphatic heterocycles. The van der Waals surface area contributed by atoms with Crippen molar-refractivity contribution in [3.05, 3.63) is 29.8 Å². The van der Waals surface area contributed by atoms with Crippen LogP contribution in [-0.2, 0) is 4.79 Å². The summed E-state index contributed by atoms with van der Waals surface area (Å²) in [6, 6.07) is 2.99. The van der Waals surface area contributed by atoms with E-state index in [1.54, 1.807) is 7.05 Å². The minimum absolute atomic E-state index is 0.0600. The molecule has 1 aromatic rings. The smallest absolute Gasteiger partial charge is 0.240 e. The molecule has 0 aliphatic carbocycles. The van der Waals surface area contributed by atoms with E-state index in [1.807, 2.05) is 0 Å². The normalized spacial score (nSPS) is 10.1. The number of hydrogen-bond donors (Lipinski definition) is 1. The molecule has 0 atom stereocenters. The van der Waals surface area contributed by atoms with Crippen LogP contribution < -0.4 is 10.2 Å². The topological polar surface area (TPSA) is 32.3 Å². The number of rotatable bonds is 3. The fourth-order valence-electron chi connectivity index (χ4n) is 1.15. The van der Waals surface area contributed by atoms with Crippen LogP contribution in [0.25, 0.3) is 0 Å². The molecule has 82 valence electrons. The van der Waals surface area contributed by atoms with E-state index in [0.29, 0.717) is 0 Å². The monoisotopic (exact) mass is 214 g/mol. The molecule has 0 fully saturated rings. The molecule has 0 heterocycles. The van der Waals surface area contributed by atoms with Gasteiger partial charge in [-0.25, -0.2) is 8.78 Å². The second-order valence-electron chi connectivity index (χ2n) is 3.08. The lowest BCUT2D eigenvalue weighted by Crippen LogP contribution is -2.34. The lowest BCUT2D eigenvalue weighted by atomic mass is 10.2. The third-order valence-corrected chi connectivity index (χ3v) is 1.97. The van der Waals surface area contributed by atoms with Gasteiger partial charge >= 0.3 is 0 Å². The van der Waals surface area contributed by atoms with Crippen LogP contribution in [0.15, 0.2) is 18.2 Å². The molecule has 0 spiro atoms. The summed E-state index contributed by atoms with van der Waals surface area (Å²) in [7, 11) is 3.01. The SMILES string of the molecule is CNCC(=O)N(C)c1cc(F)ccc1F. The first kappa shape index (κ1) is 11.6. The zero-order valence-electron chi connectivity index (χ0n) is 8.55. The highest BCUT2D eigenvalue weighted by molar-refractivity contribution is 5.94. The standard InChI is InChI=1S/C10H12F2N2O/c1-13-6-10(15)14(2)9-5-7(11)3-4-8(9)12/h3-5,13H,6H2,1-2H3. The number of carbonyl (C=O) groups is 1. The maximum atomic E-state index is 13.2. The van der Waals surface area contributed by atoms with Gasteiger partial charge in [-0.2, -0.15) is 0 Å². The van der Waals surface area contributed by atoms with Crippen molar-refractivity contribution < 1.29 is 13.6 Å². The molecule has 0 radical (unpaired) electrons. The van der Waals surface area contributed by atoms with Crippen molar-refractivity contribution in [3.8, 4) is 0 Å². The number of halogens is 2. The largest absolute Gasteiger partial charge is 0.312 e. The zero-order chi connectivity index (χ0) is 11.4. The van der Waals surface area contributed by atoms with Gasteiger partial charge in [0.15, 0.2) is 0 Å². The Morgan fingerprint density at radius 1 is 1.47 bits per heavy atom. The van der Waals surface area contributed by atoms with Crippen molar-refractivity contribution in [1.82, 2.24) is 5.32 Å². The van der Waals surface area contributed by atoms with Gasteiger partial charge in [0.2, 0.25) is 5.91 Å². The van der Waals surface area contributed by atoms with E-state index in [-0.39, 0.29) is 18.1 Å². The first-order valence-electron chi connectivity index (χ1n) is 4.42. The lowest BCUT2D eigenvalue weighted by Gasteiger charge is -2.17. The summed E-state index contributed by atoms with van der Waals surface area (Å²) < 4.78 is 26.1. The highest BCUT2D eigenvalue weighted by atomic mass is 19.1. The lowest BCUT2D eigenvalue weighted by molar-refractivity contribution is -0.117. The minimum atomic E-state index is -0.622. The van der Waals surface area contributed by atoms with Gasteiger partial charge in [0.25, 0.3) is 0 Å². The van der Waals surface area contributed by atoms with Gasteiger partial charge in [-0.05, 0) is 19.2 Å². The molecule has 3 nitrogen and oxygen atoms in total. The Hall–Kier alpha value is -1.49. The van der Waals surface area contributed by atoms with E-state index in [1.165, 1.54) is 7.05 Å². The minimum Gasteiger partial charge on any atom is -0.312 e. The molecule has 0 bridgehead atoms. The van der Waals surface area contributed by atoms with Crippen molar-refractivity contribution in [2.24, 2.45) is 0 Å². The second kappa shape index (κ2) is 4.84. The van der Waals surface area contributed by atoms with Crippen molar-refractivity contribution in [3.63, 3.8) is 0 Å². The molecule has 1 amide bonds. The summed E-state index contributed by atoms with van der Waals surface area (Å²) in [5.74, 6) is -1.53. The van der Waals surface area contributed by atoms with E-state index in [4.69, 9.17) is 0 Å². The van der Waals surface area contributed by atoms with E-state index in [2.05, 4.69) is 5.32 Å². The maximum absolute atomic E-state index is 13.2. The first-order valence-corrected chi connectivity index (χ1v) is 4.42. The Kier molecular flexibility index (Phi) is 3.74. The number of likely N-dealkylation sites (N-methyl/N-ethyl adjacent to an activating group) is 2. The second-order valence-corrected chi connectivity index (χ2v) is 3.08. The Balaban J connectivity index is 2.94. The molecule has 0 unspecified atom stereocenters. The molecule has 1 aromatic carbocycles. The van der Waals surface area contributed by atoms with Crippen LogP contribution in [0.4, 0.5) is 14.5 Å². The van der Waals surface area contributed by atoms with Crippen LogP contribution in [0, 0.1) is 11.6 Å². The third-order valence-electron chi connectivity index (χ3n) is 1.97. The van der Waals surface area contributed by atoms with Crippen LogP contribution in [0.3, 0.4) is 0 Å². The first-order chi connectivity index (χ1) is 7.06. The van der Waals surface area contributed by atoms with E-state index in [9.17, 15) is 13.6 Å². The van der Waals surface area contributed by atoms with E-state index >= 15 is 0 Å². The van der Waals surface area contributed by atoms with Crippen LogP contribution in [0.2, 0.25) is 0 Å². The van der Waals surface area contributed by atoms with E-state index < -0.39 is 11.6 Å². The molecular formula is C10H12F2N2O. The average molecular weight is 214 g/mol. The molecule has 0 saturated heterocycles. The Bertz CT molecular complexity index is 368. The predicted molar refractivity (Wildman–Crippen MR) is 53.7 cm³/mol. The number of hydrogen-bond acceptors (Lipinski definition) is 2. The maximum Gasteiger partial charge on any atom is 0.240 e. The number of benzene rings is 1. The number of anilines is 1. The zero-order valence-corrected chi connectivity index (χ0v) is 8.55. The van der Waals surface area contributed by atoms with Gasteiger partial charge in [-0.15, -0.1) is 0 Å². The number of nitrogens with one attached hydrogen (secondary N) is 1. The van der Waals surface area contributed by atoms with Crippen LogP contribution in [0.1, 0.15) is 0 Å². The van der Waals surface area contributed by atoms with Crippen molar-refractivity contribution in [2.45, 2.75) is 0 Å². The fourth-order valence-corrected chi connectivity index (χ4v) is 1.15. The summed E-state index contributed by atoms with van der Waals surface area (Å²) in [5, 5.41) is 2.64. The molecule has 0 aliphatic rings. The molecule has 15 heavy (non-hydrogen) atoms. The molecule has 1 rings (SSSR count). The fraction of sp³-hybridized carbons (Fsp3) is 0.300. The Morgan fingerprint density at radius 2 is 2.13 bits per heavy atom. The molecule has 0 saturated carbocycles. The Morgan fingerprint density at radius 3 is 2.73 bits per heavy atom. The van der Waals surface area contributed by atoms with Gasteiger partial charge in [-0.1, -0.05) is 0 Å². The summed E-state index contributed by atoms with van der Waals surface area (Å²) in [4.78, 5) is 12.5. The molecule has 0 aromatic heterocycles. The summed E-state index contributed by atoms with van der Waals surface area (Å²) in [5.41, 5.74) is -0.0600. The number of amides is 1. The van der Waals surface area contributed by atoms with Gasteiger partial charge in [0, 0.05) is 13.1 Å². The summed E-state index contributed by atoms with van der Waals surface area (Å²) in [6.07, 6.45) is 0. The molecular weight excluding hydrogens is 202 g/mol. The van der Waals surface area contributed by atoms with Gasteiger partial charge in [-0.3, -0.25) is 4.79 Å². The van der Waals surface area contributed by atoms with Crippen LogP contribution in [0.5, 0.6) is 0 Å². The summed E-state index contributed by atoms with van der Waals surface area (Å²) in [6.45, 7) is 0.0758. The van der Waals surface area contributed by atoms with Crippen LogP contribution in [-0.4, -0.2) is 26.5 Å². The van der Waals surface area contributed by atoms with Crippen molar-refractivity contribution >= 4 is 11.6 Å². The van der Waals surface area contributed by atoms with E-state index in [0.717, 1.165) is 23.1 Å². The van der Waals surface area contributed by atoms with Crippen molar-refractivity contribution in [2.75, 3.05) is 25.5 Å². The summed E-state index contributed by atoms with van der Waals surface area (Å²) >= 11 is 0. The molecule has 5 heteroatoms. The number of nitrogens with zero attached hydrogens (tertiary/aromatic N) is 1. The third kappa shape index (κ3) is 2.73. The number of carbonyl (C=O) groups excluding carboxylic acids is 1. The van der Waals surface area contributed by atoms with Gasteiger partial charge in [0.05, 0.1) is 12.2 Å². The highest BCUT2D eigenvalue weighted by Crippen LogP contribution is 2.18. The Labute approximate surface area is 86.7 Å².